The molecule has 0 fully saturated rings. The standard InChI is InChI=1S/C11H9BrN2O2/c12-10-2-1-9(16-10)11(15)14-7-8-3-5-13-6-4-8/h1-6H,7H2,(H,14,15). The van der Waals surface area contributed by atoms with Crippen molar-refractivity contribution in [2.24, 2.45) is 0 Å². The van der Waals surface area contributed by atoms with Crippen LogP contribution in [-0.2, 0) is 6.54 Å². The van der Waals surface area contributed by atoms with Gasteiger partial charge in [0.2, 0.25) is 0 Å². The van der Waals surface area contributed by atoms with Crippen LogP contribution >= 0.6 is 15.9 Å². The third-order valence-electron chi connectivity index (χ3n) is 2.00. The second-order valence-electron chi connectivity index (χ2n) is 3.14. The lowest BCUT2D eigenvalue weighted by atomic mass is 10.2. The molecule has 0 atom stereocenters. The van der Waals surface area contributed by atoms with Gasteiger partial charge >= 0.3 is 0 Å². The van der Waals surface area contributed by atoms with Crippen molar-refractivity contribution in [3.8, 4) is 0 Å². The molecule has 0 aromatic carbocycles. The molecule has 2 heterocycles. The van der Waals surface area contributed by atoms with Crippen LogP contribution in [0, 0.1) is 0 Å². The molecule has 0 aliphatic heterocycles. The average molecular weight is 281 g/mol. The number of halogens is 1. The number of nitrogens with zero attached hydrogens (tertiary/aromatic N) is 1. The number of pyridine rings is 1. The van der Waals surface area contributed by atoms with Crippen LogP contribution in [0.25, 0.3) is 0 Å². The van der Waals surface area contributed by atoms with Gasteiger partial charge in [0.25, 0.3) is 5.91 Å². The van der Waals surface area contributed by atoms with Crippen molar-refractivity contribution in [2.45, 2.75) is 6.54 Å². The smallest absolute Gasteiger partial charge is 0.287 e. The number of carbonyl (C=O) groups excluding carboxylic acids is 1. The molecule has 0 radical (unpaired) electrons. The van der Waals surface area contributed by atoms with E-state index in [1.165, 1.54) is 0 Å². The Labute approximate surface area is 101 Å². The number of rotatable bonds is 3. The van der Waals surface area contributed by atoms with Gasteiger partial charge in [0.15, 0.2) is 10.4 Å². The van der Waals surface area contributed by atoms with Crippen LogP contribution < -0.4 is 5.32 Å². The van der Waals surface area contributed by atoms with Crippen LogP contribution in [-0.4, -0.2) is 10.9 Å². The summed E-state index contributed by atoms with van der Waals surface area (Å²) in [5.41, 5.74) is 0.994. The van der Waals surface area contributed by atoms with E-state index in [9.17, 15) is 4.79 Å². The Morgan fingerprint density at radius 3 is 2.69 bits per heavy atom. The molecule has 2 rings (SSSR count). The van der Waals surface area contributed by atoms with Gasteiger partial charge in [-0.2, -0.15) is 0 Å². The van der Waals surface area contributed by atoms with E-state index in [0.717, 1.165) is 5.56 Å². The number of furan rings is 1. The molecule has 16 heavy (non-hydrogen) atoms. The highest BCUT2D eigenvalue weighted by Gasteiger charge is 2.09. The first-order valence-corrected chi connectivity index (χ1v) is 5.47. The van der Waals surface area contributed by atoms with Crippen LogP contribution in [0.4, 0.5) is 0 Å². The summed E-state index contributed by atoms with van der Waals surface area (Å²) < 4.78 is 5.67. The quantitative estimate of drug-likeness (QED) is 0.939. The van der Waals surface area contributed by atoms with Crippen molar-refractivity contribution in [3.63, 3.8) is 0 Å². The van der Waals surface area contributed by atoms with Crippen LogP contribution in [0.5, 0.6) is 0 Å². The predicted molar refractivity (Wildman–Crippen MR) is 61.8 cm³/mol. The van der Waals surface area contributed by atoms with E-state index < -0.39 is 0 Å². The Morgan fingerprint density at radius 1 is 1.31 bits per heavy atom. The fraction of sp³-hybridized carbons (Fsp3) is 0.0909. The number of carbonyl (C=O) groups is 1. The minimum absolute atomic E-state index is 0.234. The number of aromatic nitrogens is 1. The third kappa shape index (κ3) is 2.70. The van der Waals surface area contributed by atoms with E-state index in [4.69, 9.17) is 4.42 Å². The highest BCUT2D eigenvalue weighted by Crippen LogP contribution is 2.13. The molecule has 82 valence electrons. The van der Waals surface area contributed by atoms with E-state index in [1.807, 2.05) is 12.1 Å². The Bertz CT molecular complexity index is 482. The molecule has 4 nitrogen and oxygen atoms in total. The largest absolute Gasteiger partial charge is 0.444 e. The summed E-state index contributed by atoms with van der Waals surface area (Å²) >= 11 is 3.14. The summed E-state index contributed by atoms with van der Waals surface area (Å²) in [5.74, 6) is 0.0587. The topological polar surface area (TPSA) is 55.1 Å². The summed E-state index contributed by atoms with van der Waals surface area (Å²) in [6.45, 7) is 0.458. The lowest BCUT2D eigenvalue weighted by molar-refractivity contribution is 0.0922. The molecule has 0 aliphatic carbocycles. The fourth-order valence-corrected chi connectivity index (χ4v) is 1.51. The first-order chi connectivity index (χ1) is 7.75. The van der Waals surface area contributed by atoms with E-state index in [2.05, 4.69) is 26.2 Å². The summed E-state index contributed by atoms with van der Waals surface area (Å²) in [6.07, 6.45) is 3.37. The Morgan fingerprint density at radius 2 is 2.06 bits per heavy atom. The van der Waals surface area contributed by atoms with Crippen molar-refractivity contribution < 1.29 is 9.21 Å². The van der Waals surface area contributed by atoms with E-state index in [1.54, 1.807) is 24.5 Å². The van der Waals surface area contributed by atoms with E-state index in [0.29, 0.717) is 17.0 Å². The molecular weight excluding hydrogens is 272 g/mol. The maximum Gasteiger partial charge on any atom is 0.287 e. The first-order valence-electron chi connectivity index (χ1n) is 4.68. The SMILES string of the molecule is O=C(NCc1ccncc1)c1ccc(Br)o1. The van der Waals surface area contributed by atoms with Gasteiger partial charge in [0.1, 0.15) is 0 Å². The van der Waals surface area contributed by atoms with Crippen molar-refractivity contribution >= 4 is 21.8 Å². The minimum atomic E-state index is -0.234. The molecule has 0 aliphatic rings. The zero-order chi connectivity index (χ0) is 11.4. The van der Waals surface area contributed by atoms with E-state index >= 15 is 0 Å². The lowest BCUT2D eigenvalue weighted by Crippen LogP contribution is -2.22. The highest BCUT2D eigenvalue weighted by molar-refractivity contribution is 9.10. The zero-order valence-corrected chi connectivity index (χ0v) is 9.90. The lowest BCUT2D eigenvalue weighted by Gasteiger charge is -2.02. The molecule has 1 N–H and O–H groups in total. The second kappa shape index (κ2) is 4.94. The van der Waals surface area contributed by atoms with Crippen LogP contribution in [0.2, 0.25) is 0 Å². The second-order valence-corrected chi connectivity index (χ2v) is 3.92. The van der Waals surface area contributed by atoms with Gasteiger partial charge in [-0.05, 0) is 45.8 Å². The van der Waals surface area contributed by atoms with Gasteiger partial charge in [-0.1, -0.05) is 0 Å². The zero-order valence-electron chi connectivity index (χ0n) is 8.31. The summed E-state index contributed by atoms with van der Waals surface area (Å²) in [6, 6.07) is 6.99. The van der Waals surface area contributed by atoms with Gasteiger partial charge in [-0.25, -0.2) is 0 Å². The molecule has 5 heteroatoms. The molecule has 1 amide bonds. The predicted octanol–water partition coefficient (Wildman–Crippen LogP) is 2.37. The van der Waals surface area contributed by atoms with Gasteiger partial charge in [0.05, 0.1) is 0 Å². The number of hydrogen-bond donors (Lipinski definition) is 1. The monoisotopic (exact) mass is 280 g/mol. The summed E-state index contributed by atoms with van der Waals surface area (Å²) in [7, 11) is 0. The normalized spacial score (nSPS) is 10.1. The maximum absolute atomic E-state index is 11.6. The number of nitrogens with one attached hydrogen (secondary N) is 1. The molecule has 0 spiro atoms. The minimum Gasteiger partial charge on any atom is -0.444 e. The highest BCUT2D eigenvalue weighted by atomic mass is 79.9. The molecule has 2 aromatic heterocycles. The first kappa shape index (κ1) is 10.9. The summed E-state index contributed by atoms with van der Waals surface area (Å²) in [4.78, 5) is 15.5. The molecular formula is C11H9BrN2O2. The van der Waals surface area contributed by atoms with Crippen LogP contribution in [0.1, 0.15) is 16.1 Å². The average Bonchev–Trinajstić information content (AvgIpc) is 2.74. The fourth-order valence-electron chi connectivity index (χ4n) is 1.21. The summed E-state index contributed by atoms with van der Waals surface area (Å²) in [5, 5.41) is 2.75. The Balaban J connectivity index is 1.94. The number of hydrogen-bond acceptors (Lipinski definition) is 3. The molecule has 2 aromatic rings. The number of amides is 1. The van der Waals surface area contributed by atoms with Crippen LogP contribution in [0.15, 0.2) is 45.7 Å². The molecule has 0 unspecified atom stereocenters. The van der Waals surface area contributed by atoms with Gasteiger partial charge < -0.3 is 9.73 Å². The maximum atomic E-state index is 11.6. The Kier molecular flexibility index (Phi) is 3.36. The van der Waals surface area contributed by atoms with Crippen molar-refractivity contribution in [2.75, 3.05) is 0 Å². The molecule has 0 bridgehead atoms. The van der Waals surface area contributed by atoms with Gasteiger partial charge in [-0.3, -0.25) is 9.78 Å². The molecule has 0 saturated heterocycles. The van der Waals surface area contributed by atoms with Crippen molar-refractivity contribution in [1.82, 2.24) is 10.3 Å². The molecule has 0 saturated carbocycles. The van der Waals surface area contributed by atoms with E-state index in [-0.39, 0.29) is 5.91 Å². The van der Waals surface area contributed by atoms with Crippen molar-refractivity contribution in [3.05, 3.63) is 52.7 Å². The van der Waals surface area contributed by atoms with Gasteiger partial charge in [-0.15, -0.1) is 0 Å². The van der Waals surface area contributed by atoms with Crippen molar-refractivity contribution in [1.29, 1.82) is 0 Å². The third-order valence-corrected chi connectivity index (χ3v) is 2.43. The Hall–Kier alpha value is -1.62. The van der Waals surface area contributed by atoms with Gasteiger partial charge in [0, 0.05) is 18.9 Å². The van der Waals surface area contributed by atoms with Crippen LogP contribution in [0.3, 0.4) is 0 Å².